The van der Waals surface area contributed by atoms with Crippen LogP contribution in [0.2, 0.25) is 5.02 Å². The Hall–Kier alpha value is -1.13. The molecule has 1 heterocycles. The summed E-state index contributed by atoms with van der Waals surface area (Å²) in [6, 6.07) is 3.96. The van der Waals surface area contributed by atoms with Crippen LogP contribution in [0.1, 0.15) is 23.7 Å². The summed E-state index contributed by atoms with van der Waals surface area (Å²) in [7, 11) is 0. The lowest BCUT2D eigenvalue weighted by Crippen LogP contribution is -2.34. The van der Waals surface area contributed by atoms with Gasteiger partial charge in [0.15, 0.2) is 0 Å². The molecule has 1 atom stereocenters. The van der Waals surface area contributed by atoms with Gasteiger partial charge in [-0.25, -0.2) is 4.39 Å². The Labute approximate surface area is 104 Å². The smallest absolute Gasteiger partial charge is 0.256 e. The quantitative estimate of drug-likeness (QED) is 0.837. The van der Waals surface area contributed by atoms with Crippen molar-refractivity contribution in [3.05, 3.63) is 34.6 Å². The molecule has 1 aromatic rings. The number of benzene rings is 1. The van der Waals surface area contributed by atoms with Gasteiger partial charge in [-0.3, -0.25) is 4.79 Å². The van der Waals surface area contributed by atoms with Crippen molar-refractivity contribution in [2.75, 3.05) is 13.1 Å². The number of hydrogen-bond acceptors (Lipinski definition) is 2. The average molecular weight is 258 g/mol. The third-order valence-corrected chi connectivity index (χ3v) is 3.14. The lowest BCUT2D eigenvalue weighted by molar-refractivity contribution is 0.0569. The molecule has 1 aromatic carbocycles. The number of carbonyl (C=O) groups is 1. The van der Waals surface area contributed by atoms with Crippen LogP contribution in [0.5, 0.6) is 0 Å². The summed E-state index contributed by atoms with van der Waals surface area (Å²) in [6.45, 7) is 2.33. The van der Waals surface area contributed by atoms with Crippen molar-refractivity contribution in [2.24, 2.45) is 0 Å². The topological polar surface area (TPSA) is 40.5 Å². The summed E-state index contributed by atoms with van der Waals surface area (Å²) in [6.07, 6.45) is 0.508. The van der Waals surface area contributed by atoms with Crippen LogP contribution in [-0.2, 0) is 0 Å². The second-order valence-corrected chi connectivity index (χ2v) is 5.03. The molecule has 92 valence electrons. The van der Waals surface area contributed by atoms with E-state index in [0.717, 1.165) is 6.07 Å². The molecular weight excluding hydrogens is 245 g/mol. The maximum atomic E-state index is 13.6. The molecule has 0 saturated carbocycles. The SMILES string of the molecule is CC1(O)CCN(C(=O)c2ccc(Cl)cc2F)C1. The van der Waals surface area contributed by atoms with Gasteiger partial charge in [-0.2, -0.15) is 0 Å². The largest absolute Gasteiger partial charge is 0.388 e. The second kappa shape index (κ2) is 4.27. The van der Waals surface area contributed by atoms with Gasteiger partial charge < -0.3 is 10.0 Å². The summed E-state index contributed by atoms with van der Waals surface area (Å²) in [5.74, 6) is -1.04. The summed E-state index contributed by atoms with van der Waals surface area (Å²) >= 11 is 5.62. The standard InChI is InChI=1S/C12H13ClFNO2/c1-12(17)4-5-15(7-12)11(16)9-3-2-8(13)6-10(9)14/h2-3,6,17H,4-5,7H2,1H3. The molecule has 1 amide bonds. The minimum absolute atomic E-state index is 0.00731. The van der Waals surface area contributed by atoms with E-state index in [1.807, 2.05) is 0 Å². The zero-order valence-electron chi connectivity index (χ0n) is 9.41. The van der Waals surface area contributed by atoms with Crippen LogP contribution in [0.4, 0.5) is 4.39 Å². The number of nitrogens with zero attached hydrogens (tertiary/aromatic N) is 1. The average Bonchev–Trinajstić information content (AvgIpc) is 2.58. The van der Waals surface area contributed by atoms with E-state index in [9.17, 15) is 14.3 Å². The van der Waals surface area contributed by atoms with Crippen LogP contribution in [0, 0.1) is 5.82 Å². The van der Waals surface area contributed by atoms with Gasteiger partial charge in [0.05, 0.1) is 11.2 Å². The first kappa shape index (κ1) is 12.3. The van der Waals surface area contributed by atoms with Crippen LogP contribution < -0.4 is 0 Å². The molecular formula is C12H13ClFNO2. The highest BCUT2D eigenvalue weighted by Crippen LogP contribution is 2.23. The van der Waals surface area contributed by atoms with Gasteiger partial charge in [-0.1, -0.05) is 11.6 Å². The number of amides is 1. The van der Waals surface area contributed by atoms with Crippen LogP contribution in [0.3, 0.4) is 0 Å². The Balaban J connectivity index is 2.21. The molecule has 1 aliphatic heterocycles. The van der Waals surface area contributed by atoms with Gasteiger partial charge >= 0.3 is 0 Å². The molecule has 0 aliphatic carbocycles. The Bertz CT molecular complexity index is 462. The lowest BCUT2D eigenvalue weighted by Gasteiger charge is -2.19. The highest BCUT2D eigenvalue weighted by Gasteiger charge is 2.34. The van der Waals surface area contributed by atoms with Crippen molar-refractivity contribution < 1.29 is 14.3 Å². The third-order valence-electron chi connectivity index (χ3n) is 2.90. The lowest BCUT2D eigenvalue weighted by atomic mass is 10.1. The normalized spacial score (nSPS) is 24.1. The van der Waals surface area contributed by atoms with Crippen LogP contribution in [0.15, 0.2) is 18.2 Å². The molecule has 1 unspecified atom stereocenters. The summed E-state index contributed by atoms with van der Waals surface area (Å²) in [5.41, 5.74) is -0.884. The van der Waals surface area contributed by atoms with Gasteiger partial charge in [0.1, 0.15) is 5.82 Å². The van der Waals surface area contributed by atoms with E-state index in [4.69, 9.17) is 11.6 Å². The fourth-order valence-corrected chi connectivity index (χ4v) is 2.11. The molecule has 0 spiro atoms. The zero-order chi connectivity index (χ0) is 12.6. The van der Waals surface area contributed by atoms with E-state index < -0.39 is 17.3 Å². The molecule has 5 heteroatoms. The Morgan fingerprint density at radius 2 is 2.29 bits per heavy atom. The van der Waals surface area contributed by atoms with Gasteiger partial charge in [0.2, 0.25) is 0 Å². The molecule has 1 N–H and O–H groups in total. The molecule has 0 aromatic heterocycles. The summed E-state index contributed by atoms with van der Waals surface area (Å²) in [5, 5.41) is 10.0. The minimum atomic E-state index is -0.876. The molecule has 1 saturated heterocycles. The minimum Gasteiger partial charge on any atom is -0.388 e. The first-order chi connectivity index (χ1) is 7.89. The van der Waals surface area contributed by atoms with E-state index in [1.165, 1.54) is 17.0 Å². The highest BCUT2D eigenvalue weighted by atomic mass is 35.5. The number of hydrogen-bond donors (Lipinski definition) is 1. The number of rotatable bonds is 1. The van der Waals surface area contributed by atoms with E-state index in [-0.39, 0.29) is 17.1 Å². The van der Waals surface area contributed by atoms with Crippen molar-refractivity contribution in [2.45, 2.75) is 18.9 Å². The van der Waals surface area contributed by atoms with E-state index in [1.54, 1.807) is 6.92 Å². The van der Waals surface area contributed by atoms with Crippen molar-refractivity contribution in [3.63, 3.8) is 0 Å². The first-order valence-electron chi connectivity index (χ1n) is 5.36. The van der Waals surface area contributed by atoms with Crippen LogP contribution in [0.25, 0.3) is 0 Å². The zero-order valence-corrected chi connectivity index (χ0v) is 10.2. The molecule has 2 rings (SSSR count). The monoisotopic (exact) mass is 257 g/mol. The Kier molecular flexibility index (Phi) is 3.10. The molecule has 0 bridgehead atoms. The van der Waals surface area contributed by atoms with Crippen molar-refractivity contribution in [1.82, 2.24) is 4.90 Å². The van der Waals surface area contributed by atoms with Gasteiger partial charge in [0, 0.05) is 18.1 Å². The third kappa shape index (κ3) is 2.58. The predicted octanol–water partition coefficient (Wildman–Crippen LogP) is 2.08. The number of halogens is 2. The van der Waals surface area contributed by atoms with Crippen molar-refractivity contribution in [3.8, 4) is 0 Å². The number of carbonyl (C=O) groups excluding carboxylic acids is 1. The van der Waals surface area contributed by atoms with Crippen LogP contribution in [-0.4, -0.2) is 34.6 Å². The van der Waals surface area contributed by atoms with Gasteiger partial charge in [-0.15, -0.1) is 0 Å². The summed E-state index contributed by atoms with van der Waals surface area (Å²) < 4.78 is 13.6. The fourth-order valence-electron chi connectivity index (χ4n) is 1.95. The van der Waals surface area contributed by atoms with Crippen LogP contribution >= 0.6 is 11.6 Å². The molecule has 17 heavy (non-hydrogen) atoms. The molecule has 0 radical (unpaired) electrons. The maximum absolute atomic E-state index is 13.6. The number of aliphatic hydroxyl groups is 1. The molecule has 1 fully saturated rings. The van der Waals surface area contributed by atoms with E-state index in [2.05, 4.69) is 0 Å². The maximum Gasteiger partial charge on any atom is 0.256 e. The van der Waals surface area contributed by atoms with E-state index >= 15 is 0 Å². The highest BCUT2D eigenvalue weighted by molar-refractivity contribution is 6.30. The summed E-state index contributed by atoms with van der Waals surface area (Å²) in [4.78, 5) is 13.4. The molecule has 3 nitrogen and oxygen atoms in total. The number of likely N-dealkylation sites (tertiary alicyclic amines) is 1. The van der Waals surface area contributed by atoms with Crippen molar-refractivity contribution >= 4 is 17.5 Å². The Morgan fingerprint density at radius 3 is 2.82 bits per heavy atom. The first-order valence-corrected chi connectivity index (χ1v) is 5.73. The van der Waals surface area contributed by atoms with Gasteiger partial charge in [-0.05, 0) is 31.5 Å². The predicted molar refractivity (Wildman–Crippen MR) is 62.6 cm³/mol. The fraction of sp³-hybridized carbons (Fsp3) is 0.417. The Morgan fingerprint density at radius 1 is 1.59 bits per heavy atom. The van der Waals surface area contributed by atoms with E-state index in [0.29, 0.717) is 13.0 Å². The van der Waals surface area contributed by atoms with Crippen molar-refractivity contribution in [1.29, 1.82) is 0 Å². The van der Waals surface area contributed by atoms with Gasteiger partial charge in [0.25, 0.3) is 5.91 Å². The second-order valence-electron chi connectivity index (χ2n) is 4.60. The number of β-amino-alcohol motifs (C(OH)–C–C–N with tert-alkyl or cyclic N) is 1. The molecule has 1 aliphatic rings.